The number of anilines is 1. The fourth-order valence-corrected chi connectivity index (χ4v) is 2.60. The first kappa shape index (κ1) is 15.2. The van der Waals surface area contributed by atoms with E-state index in [1.54, 1.807) is 30.5 Å². The minimum absolute atomic E-state index is 0.0803. The van der Waals surface area contributed by atoms with Crippen LogP contribution < -0.4 is 5.32 Å². The average Bonchev–Trinajstić information content (AvgIpc) is 3.20. The highest BCUT2D eigenvalue weighted by Crippen LogP contribution is 2.22. The van der Waals surface area contributed by atoms with E-state index in [4.69, 9.17) is 4.74 Å². The van der Waals surface area contributed by atoms with Crippen molar-refractivity contribution in [3.8, 4) is 11.1 Å². The van der Waals surface area contributed by atoms with E-state index in [2.05, 4.69) is 20.4 Å². The summed E-state index contributed by atoms with van der Waals surface area (Å²) in [6.07, 6.45) is 2.70. The summed E-state index contributed by atoms with van der Waals surface area (Å²) in [5.41, 5.74) is 1.39. The molecule has 1 atom stereocenters. The Hall–Kier alpha value is -3.36. The van der Waals surface area contributed by atoms with Crippen LogP contribution in [0.15, 0.2) is 36.7 Å². The van der Waals surface area contributed by atoms with Crippen LogP contribution in [-0.2, 0) is 14.3 Å². The Bertz CT molecular complexity index is 987. The lowest BCUT2D eigenvalue weighted by molar-refractivity contribution is -0.146. The minimum Gasteiger partial charge on any atom is -0.452 e. The van der Waals surface area contributed by atoms with Crippen LogP contribution >= 0.6 is 0 Å². The van der Waals surface area contributed by atoms with E-state index in [1.807, 2.05) is 0 Å². The number of aromatic nitrogens is 4. The Kier molecular flexibility index (Phi) is 3.60. The molecule has 4 rings (SSSR count). The quantitative estimate of drug-likeness (QED) is 0.574. The molecule has 4 heterocycles. The van der Waals surface area contributed by atoms with Crippen LogP contribution in [0, 0.1) is 5.95 Å². The maximum absolute atomic E-state index is 13.8. The molecule has 1 fully saturated rings. The summed E-state index contributed by atoms with van der Waals surface area (Å²) in [4.78, 5) is 30.9. The van der Waals surface area contributed by atoms with E-state index in [0.717, 1.165) is 0 Å². The topological polar surface area (TPSA) is 98.5 Å². The molecule has 9 heteroatoms. The number of rotatable bonds is 3. The maximum atomic E-state index is 13.8. The van der Waals surface area contributed by atoms with Crippen LogP contribution in [0.1, 0.15) is 12.8 Å². The SMILES string of the molecule is O=C1CC[C@H](C(=O)Nc2nc3ccc(-c4cccnc4F)cn3n2)O1. The molecule has 0 aliphatic carbocycles. The van der Waals surface area contributed by atoms with Crippen molar-refractivity contribution in [3.05, 3.63) is 42.6 Å². The summed E-state index contributed by atoms with van der Waals surface area (Å²) < 4.78 is 20.1. The Morgan fingerprint density at radius 1 is 1.36 bits per heavy atom. The second-order valence-electron chi connectivity index (χ2n) is 5.50. The van der Waals surface area contributed by atoms with Crippen LogP contribution in [0.3, 0.4) is 0 Å². The van der Waals surface area contributed by atoms with Crippen molar-refractivity contribution in [1.29, 1.82) is 0 Å². The summed E-state index contributed by atoms with van der Waals surface area (Å²) in [5.74, 6) is -1.37. The molecular formula is C16H12FN5O3. The molecule has 1 N–H and O–H groups in total. The zero-order valence-corrected chi connectivity index (χ0v) is 12.8. The standard InChI is InChI=1S/C16H12FN5O3/c17-14-10(2-1-7-18-14)9-3-5-12-19-16(21-22(12)8-9)20-15(24)11-4-6-13(23)25-11/h1-3,5,7-8,11H,4,6H2,(H,20,21,24)/t11-/m1/s1. The lowest BCUT2D eigenvalue weighted by Gasteiger charge is -2.06. The molecule has 3 aromatic heterocycles. The maximum Gasteiger partial charge on any atom is 0.306 e. The van der Waals surface area contributed by atoms with Crippen molar-refractivity contribution < 1.29 is 18.7 Å². The fourth-order valence-electron chi connectivity index (χ4n) is 2.60. The molecule has 8 nitrogen and oxygen atoms in total. The molecule has 0 unspecified atom stereocenters. The average molecular weight is 341 g/mol. The van der Waals surface area contributed by atoms with Gasteiger partial charge in [0.1, 0.15) is 0 Å². The monoisotopic (exact) mass is 341 g/mol. The van der Waals surface area contributed by atoms with Gasteiger partial charge in [0.25, 0.3) is 5.91 Å². The van der Waals surface area contributed by atoms with Gasteiger partial charge in [0.15, 0.2) is 11.8 Å². The number of nitrogens with one attached hydrogen (secondary N) is 1. The number of amides is 1. The minimum atomic E-state index is -0.820. The molecule has 3 aromatic rings. The van der Waals surface area contributed by atoms with E-state index in [1.165, 1.54) is 10.7 Å². The van der Waals surface area contributed by atoms with Crippen molar-refractivity contribution in [2.24, 2.45) is 0 Å². The first-order valence-electron chi connectivity index (χ1n) is 7.58. The van der Waals surface area contributed by atoms with Gasteiger partial charge in [-0.15, -0.1) is 5.10 Å². The van der Waals surface area contributed by atoms with Gasteiger partial charge in [0.05, 0.1) is 0 Å². The summed E-state index contributed by atoms with van der Waals surface area (Å²) in [7, 11) is 0. The number of halogens is 1. The molecular weight excluding hydrogens is 329 g/mol. The van der Waals surface area contributed by atoms with Gasteiger partial charge in [-0.25, -0.2) is 9.50 Å². The van der Waals surface area contributed by atoms with Gasteiger partial charge in [-0.2, -0.15) is 9.37 Å². The molecule has 0 radical (unpaired) electrons. The Morgan fingerprint density at radius 2 is 2.24 bits per heavy atom. The molecule has 1 saturated heterocycles. The molecule has 1 aliphatic rings. The molecule has 0 saturated carbocycles. The molecule has 0 spiro atoms. The van der Waals surface area contributed by atoms with E-state index in [9.17, 15) is 14.0 Å². The lowest BCUT2D eigenvalue weighted by atomic mass is 10.1. The van der Waals surface area contributed by atoms with Gasteiger partial charge in [-0.1, -0.05) is 0 Å². The van der Waals surface area contributed by atoms with E-state index in [-0.39, 0.29) is 12.4 Å². The molecule has 0 aromatic carbocycles. The fraction of sp³-hybridized carbons (Fsp3) is 0.188. The largest absolute Gasteiger partial charge is 0.452 e. The Morgan fingerprint density at radius 3 is 3.00 bits per heavy atom. The van der Waals surface area contributed by atoms with Crippen LogP contribution in [0.4, 0.5) is 10.3 Å². The molecule has 1 aliphatic heterocycles. The molecule has 1 amide bonds. The van der Waals surface area contributed by atoms with Gasteiger partial charge >= 0.3 is 5.97 Å². The number of carbonyl (C=O) groups excluding carboxylic acids is 2. The zero-order valence-electron chi connectivity index (χ0n) is 12.8. The van der Waals surface area contributed by atoms with Gasteiger partial charge in [0.2, 0.25) is 11.9 Å². The zero-order chi connectivity index (χ0) is 17.4. The van der Waals surface area contributed by atoms with E-state index in [0.29, 0.717) is 23.2 Å². The number of esters is 1. The Labute approximate surface area is 140 Å². The van der Waals surface area contributed by atoms with Crippen LogP contribution in [0.2, 0.25) is 0 Å². The van der Waals surface area contributed by atoms with Crippen LogP contribution in [-0.4, -0.2) is 37.6 Å². The number of ether oxygens (including phenoxy) is 1. The number of fused-ring (bicyclic) bond motifs is 1. The third-order valence-corrected chi connectivity index (χ3v) is 3.81. The number of carbonyl (C=O) groups is 2. The van der Waals surface area contributed by atoms with Gasteiger partial charge in [0, 0.05) is 36.4 Å². The molecule has 126 valence electrons. The highest BCUT2D eigenvalue weighted by Gasteiger charge is 2.30. The summed E-state index contributed by atoms with van der Waals surface area (Å²) in [6.45, 7) is 0. The summed E-state index contributed by atoms with van der Waals surface area (Å²) in [6, 6.07) is 6.59. The predicted molar refractivity (Wildman–Crippen MR) is 83.9 cm³/mol. The first-order chi connectivity index (χ1) is 12.1. The number of hydrogen-bond donors (Lipinski definition) is 1. The summed E-state index contributed by atoms with van der Waals surface area (Å²) >= 11 is 0. The van der Waals surface area contributed by atoms with Gasteiger partial charge < -0.3 is 4.74 Å². The number of pyridine rings is 2. The number of cyclic esters (lactones) is 1. The Balaban J connectivity index is 1.59. The van der Waals surface area contributed by atoms with Crippen molar-refractivity contribution in [2.75, 3.05) is 5.32 Å². The van der Waals surface area contributed by atoms with Crippen molar-refractivity contribution in [2.45, 2.75) is 18.9 Å². The van der Waals surface area contributed by atoms with E-state index < -0.39 is 23.9 Å². The van der Waals surface area contributed by atoms with Gasteiger partial charge in [-0.3, -0.25) is 14.9 Å². The summed E-state index contributed by atoms with van der Waals surface area (Å²) in [5, 5.41) is 6.67. The second kappa shape index (κ2) is 5.93. The van der Waals surface area contributed by atoms with E-state index >= 15 is 0 Å². The predicted octanol–water partition coefficient (Wildman–Crippen LogP) is 1.57. The number of hydrogen-bond acceptors (Lipinski definition) is 6. The highest BCUT2D eigenvalue weighted by atomic mass is 19.1. The third kappa shape index (κ3) is 2.91. The van der Waals surface area contributed by atoms with Crippen LogP contribution in [0.25, 0.3) is 16.8 Å². The molecule has 0 bridgehead atoms. The first-order valence-corrected chi connectivity index (χ1v) is 7.58. The van der Waals surface area contributed by atoms with Crippen molar-refractivity contribution in [3.63, 3.8) is 0 Å². The number of nitrogens with zero attached hydrogens (tertiary/aromatic N) is 4. The van der Waals surface area contributed by atoms with Gasteiger partial charge in [-0.05, 0) is 24.3 Å². The lowest BCUT2D eigenvalue weighted by Crippen LogP contribution is -2.27. The second-order valence-corrected chi connectivity index (χ2v) is 5.50. The smallest absolute Gasteiger partial charge is 0.306 e. The highest BCUT2D eigenvalue weighted by molar-refractivity contribution is 5.95. The van der Waals surface area contributed by atoms with Crippen molar-refractivity contribution >= 4 is 23.5 Å². The molecule has 25 heavy (non-hydrogen) atoms. The van der Waals surface area contributed by atoms with Crippen LogP contribution in [0.5, 0.6) is 0 Å². The van der Waals surface area contributed by atoms with Crippen molar-refractivity contribution in [1.82, 2.24) is 19.6 Å². The normalized spacial score (nSPS) is 16.8. The third-order valence-electron chi connectivity index (χ3n) is 3.81.